The zero-order valence-electron chi connectivity index (χ0n) is 12.8. The summed E-state index contributed by atoms with van der Waals surface area (Å²) in [6, 6.07) is 12.7. The Balaban J connectivity index is 1.77. The lowest BCUT2D eigenvalue weighted by atomic mass is 10.1. The molecule has 3 aromatic rings. The normalized spacial score (nSPS) is 10.7. The van der Waals surface area contributed by atoms with Crippen LogP contribution < -0.4 is 10.1 Å². The van der Waals surface area contributed by atoms with Crippen molar-refractivity contribution in [1.29, 1.82) is 0 Å². The Morgan fingerprint density at radius 3 is 2.70 bits per heavy atom. The Labute approximate surface area is 138 Å². The molecule has 0 fully saturated rings. The van der Waals surface area contributed by atoms with Crippen LogP contribution in [0, 0.1) is 0 Å². The molecule has 1 aromatic heterocycles. The quantitative estimate of drug-likeness (QED) is 0.800. The number of nitrogens with one attached hydrogen (secondary N) is 1. The number of carbonyl (C=O) groups excluding carboxylic acids is 1. The Kier molecular flexibility index (Phi) is 4.21. The lowest BCUT2D eigenvalue weighted by molar-refractivity contribution is 0.0951. The van der Waals surface area contributed by atoms with Crippen molar-refractivity contribution in [2.45, 2.75) is 6.54 Å². The van der Waals surface area contributed by atoms with Gasteiger partial charge in [-0.3, -0.25) is 4.79 Å². The predicted octanol–water partition coefficient (Wildman–Crippen LogP) is 3.17. The number of rotatable bonds is 4. The summed E-state index contributed by atoms with van der Waals surface area (Å²) < 4.78 is 6.96. The number of fused-ring (bicyclic) bond motifs is 1. The lowest BCUT2D eigenvalue weighted by Gasteiger charge is -2.06. The largest absolute Gasteiger partial charge is 0.481 e. The summed E-state index contributed by atoms with van der Waals surface area (Å²) in [7, 11) is 3.41. The molecule has 0 atom stereocenters. The first-order valence-electron chi connectivity index (χ1n) is 7.12. The van der Waals surface area contributed by atoms with Gasteiger partial charge in [0.05, 0.1) is 18.0 Å². The van der Waals surface area contributed by atoms with Gasteiger partial charge in [-0.05, 0) is 35.9 Å². The average molecular weight is 330 g/mol. The molecule has 0 aliphatic carbocycles. The van der Waals surface area contributed by atoms with Gasteiger partial charge in [0.15, 0.2) is 0 Å². The number of nitrogens with zero attached hydrogens (tertiary/aromatic N) is 2. The summed E-state index contributed by atoms with van der Waals surface area (Å²) in [5.41, 5.74) is 2.28. The van der Waals surface area contributed by atoms with Crippen LogP contribution in [0.1, 0.15) is 15.9 Å². The number of amides is 1. The molecule has 0 bridgehead atoms. The molecule has 1 heterocycles. The number of benzene rings is 2. The minimum Gasteiger partial charge on any atom is -0.481 e. The van der Waals surface area contributed by atoms with Crippen LogP contribution in [0.2, 0.25) is 5.02 Å². The standard InChI is InChI=1S/C17H16ClN3O2/c1-21-17(23-2)14-8-5-12(9-15(14)20-21)16(22)19-10-11-3-6-13(18)7-4-11/h3-9H,10H2,1-2H3,(H,19,22). The SMILES string of the molecule is COc1c2ccc(C(=O)NCc3ccc(Cl)cc3)cc2nn1C. The first-order valence-corrected chi connectivity index (χ1v) is 7.49. The minimum absolute atomic E-state index is 0.147. The van der Waals surface area contributed by atoms with Crippen molar-refractivity contribution < 1.29 is 9.53 Å². The van der Waals surface area contributed by atoms with E-state index in [0.29, 0.717) is 23.0 Å². The van der Waals surface area contributed by atoms with Crippen molar-refractivity contribution >= 4 is 28.4 Å². The van der Waals surface area contributed by atoms with Gasteiger partial charge < -0.3 is 10.1 Å². The van der Waals surface area contributed by atoms with Crippen molar-refractivity contribution in [2.75, 3.05) is 7.11 Å². The number of hydrogen-bond donors (Lipinski definition) is 1. The average Bonchev–Trinajstić information content (AvgIpc) is 2.88. The van der Waals surface area contributed by atoms with E-state index in [4.69, 9.17) is 16.3 Å². The second-order valence-corrected chi connectivity index (χ2v) is 5.61. The summed E-state index contributed by atoms with van der Waals surface area (Å²) in [6.45, 7) is 0.444. The summed E-state index contributed by atoms with van der Waals surface area (Å²) in [5.74, 6) is 0.527. The molecule has 6 heteroatoms. The van der Waals surface area contributed by atoms with E-state index < -0.39 is 0 Å². The topological polar surface area (TPSA) is 56.1 Å². The van der Waals surface area contributed by atoms with Crippen LogP contribution in [0.5, 0.6) is 5.88 Å². The van der Waals surface area contributed by atoms with E-state index in [-0.39, 0.29) is 5.91 Å². The van der Waals surface area contributed by atoms with E-state index in [1.54, 1.807) is 43.1 Å². The molecule has 0 spiro atoms. The van der Waals surface area contributed by atoms with Gasteiger partial charge in [-0.2, -0.15) is 5.10 Å². The van der Waals surface area contributed by atoms with Gasteiger partial charge in [0.1, 0.15) is 0 Å². The smallest absolute Gasteiger partial charge is 0.251 e. The number of hydrogen-bond acceptors (Lipinski definition) is 3. The zero-order chi connectivity index (χ0) is 16.4. The molecule has 1 N–H and O–H groups in total. The molecule has 0 radical (unpaired) electrons. The summed E-state index contributed by atoms with van der Waals surface area (Å²) >= 11 is 5.85. The van der Waals surface area contributed by atoms with E-state index in [1.165, 1.54) is 0 Å². The number of aromatic nitrogens is 2. The highest BCUT2D eigenvalue weighted by atomic mass is 35.5. The van der Waals surface area contributed by atoms with Crippen LogP contribution in [0.3, 0.4) is 0 Å². The molecule has 0 aliphatic heterocycles. The second kappa shape index (κ2) is 6.30. The van der Waals surface area contributed by atoms with E-state index in [2.05, 4.69) is 10.4 Å². The highest BCUT2D eigenvalue weighted by Gasteiger charge is 2.12. The van der Waals surface area contributed by atoms with Gasteiger partial charge in [-0.1, -0.05) is 23.7 Å². The summed E-state index contributed by atoms with van der Waals surface area (Å²) in [4.78, 5) is 12.3. The summed E-state index contributed by atoms with van der Waals surface area (Å²) in [6.07, 6.45) is 0. The minimum atomic E-state index is -0.147. The highest BCUT2D eigenvalue weighted by molar-refractivity contribution is 6.30. The maximum Gasteiger partial charge on any atom is 0.251 e. The molecule has 5 nitrogen and oxygen atoms in total. The van der Waals surface area contributed by atoms with Gasteiger partial charge in [-0.15, -0.1) is 0 Å². The number of carbonyl (C=O) groups is 1. The number of aryl methyl sites for hydroxylation is 1. The van der Waals surface area contributed by atoms with Crippen LogP contribution in [-0.2, 0) is 13.6 Å². The molecule has 0 saturated carbocycles. The van der Waals surface area contributed by atoms with Gasteiger partial charge in [-0.25, -0.2) is 4.68 Å². The van der Waals surface area contributed by atoms with Crippen molar-refractivity contribution in [3.63, 3.8) is 0 Å². The van der Waals surface area contributed by atoms with Crippen molar-refractivity contribution in [3.8, 4) is 5.88 Å². The van der Waals surface area contributed by atoms with Gasteiger partial charge in [0, 0.05) is 24.2 Å². The monoisotopic (exact) mass is 329 g/mol. The van der Waals surface area contributed by atoms with E-state index in [9.17, 15) is 4.79 Å². The molecular weight excluding hydrogens is 314 g/mol. The Bertz CT molecular complexity index is 856. The maximum atomic E-state index is 12.3. The highest BCUT2D eigenvalue weighted by Crippen LogP contribution is 2.25. The Morgan fingerprint density at radius 1 is 1.26 bits per heavy atom. The molecule has 118 valence electrons. The van der Waals surface area contributed by atoms with Crippen molar-refractivity contribution in [2.24, 2.45) is 7.05 Å². The van der Waals surface area contributed by atoms with E-state index >= 15 is 0 Å². The molecule has 2 aromatic carbocycles. The fraction of sp³-hybridized carbons (Fsp3) is 0.176. The van der Waals surface area contributed by atoms with Gasteiger partial charge in [0.25, 0.3) is 5.91 Å². The second-order valence-electron chi connectivity index (χ2n) is 5.17. The molecule has 0 aliphatic rings. The zero-order valence-corrected chi connectivity index (χ0v) is 13.6. The van der Waals surface area contributed by atoms with E-state index in [1.807, 2.05) is 18.2 Å². The van der Waals surface area contributed by atoms with Gasteiger partial charge in [0.2, 0.25) is 5.88 Å². The first kappa shape index (κ1) is 15.4. The van der Waals surface area contributed by atoms with Crippen LogP contribution in [0.15, 0.2) is 42.5 Å². The van der Waals surface area contributed by atoms with Crippen LogP contribution in [0.25, 0.3) is 10.9 Å². The third-order valence-electron chi connectivity index (χ3n) is 3.60. The number of methoxy groups -OCH3 is 1. The lowest BCUT2D eigenvalue weighted by Crippen LogP contribution is -2.22. The maximum absolute atomic E-state index is 12.3. The predicted molar refractivity (Wildman–Crippen MR) is 89.9 cm³/mol. The number of halogens is 1. The fourth-order valence-electron chi connectivity index (χ4n) is 2.45. The molecule has 0 saturated heterocycles. The van der Waals surface area contributed by atoms with Gasteiger partial charge >= 0.3 is 0 Å². The Morgan fingerprint density at radius 2 is 2.00 bits per heavy atom. The van der Waals surface area contributed by atoms with Crippen LogP contribution in [0.4, 0.5) is 0 Å². The van der Waals surface area contributed by atoms with E-state index in [0.717, 1.165) is 16.5 Å². The fourth-order valence-corrected chi connectivity index (χ4v) is 2.57. The third-order valence-corrected chi connectivity index (χ3v) is 3.85. The summed E-state index contributed by atoms with van der Waals surface area (Å²) in [5, 5.41) is 8.79. The number of ether oxygens (including phenoxy) is 1. The molecule has 3 rings (SSSR count). The molecule has 0 unspecified atom stereocenters. The molecular formula is C17H16ClN3O2. The third kappa shape index (κ3) is 3.14. The molecule has 23 heavy (non-hydrogen) atoms. The Hall–Kier alpha value is -2.53. The first-order chi connectivity index (χ1) is 11.1. The molecule has 1 amide bonds. The van der Waals surface area contributed by atoms with Crippen molar-refractivity contribution in [3.05, 3.63) is 58.6 Å². The van der Waals surface area contributed by atoms with Crippen LogP contribution in [-0.4, -0.2) is 22.8 Å². The van der Waals surface area contributed by atoms with Crippen molar-refractivity contribution in [1.82, 2.24) is 15.1 Å². The van der Waals surface area contributed by atoms with Crippen LogP contribution >= 0.6 is 11.6 Å².